The van der Waals surface area contributed by atoms with Crippen LogP contribution in [0.3, 0.4) is 0 Å². The van der Waals surface area contributed by atoms with Crippen molar-refractivity contribution in [1.82, 2.24) is 24.6 Å². The van der Waals surface area contributed by atoms with E-state index in [-0.39, 0.29) is 11.4 Å². The molecule has 3 aromatic heterocycles. The number of nitrogens with zero attached hydrogens (tertiary/aromatic N) is 5. The van der Waals surface area contributed by atoms with Crippen molar-refractivity contribution in [1.29, 1.82) is 0 Å². The molecule has 2 aliphatic heterocycles. The van der Waals surface area contributed by atoms with Gasteiger partial charge in [-0.2, -0.15) is 5.10 Å². The third-order valence-corrected chi connectivity index (χ3v) is 6.94. The minimum Gasteiger partial charge on any atom is -0.479 e. The van der Waals surface area contributed by atoms with Crippen LogP contribution in [0.4, 0.5) is 9.93 Å². The standard InChI is InChI=1S/C20H24N6O3S/c1-25-10-13(8-22-25)14-9-21-17(28-2)15-16(14)30-18(23-15)24-19(27)26-6-5-20(11-26)4-3-7-29-12-20/h8-10H,3-7,11-12H2,1-2H3,(H,23,24,27)/t20-/m0/s1. The van der Waals surface area contributed by atoms with Gasteiger partial charge in [-0.15, -0.1) is 0 Å². The Hall–Kier alpha value is -2.72. The number of rotatable bonds is 3. The first kappa shape index (κ1) is 19.3. The first-order chi connectivity index (χ1) is 14.6. The second kappa shape index (κ2) is 7.51. The molecular formula is C20H24N6O3S. The molecule has 2 aliphatic rings. The van der Waals surface area contributed by atoms with Crippen LogP contribution < -0.4 is 10.1 Å². The first-order valence-electron chi connectivity index (χ1n) is 10.0. The van der Waals surface area contributed by atoms with Crippen molar-refractivity contribution in [3.05, 3.63) is 18.6 Å². The maximum atomic E-state index is 12.9. The second-order valence-corrected chi connectivity index (χ2v) is 9.04. The van der Waals surface area contributed by atoms with Crippen LogP contribution in [0.2, 0.25) is 0 Å². The van der Waals surface area contributed by atoms with Crippen LogP contribution in [0.1, 0.15) is 19.3 Å². The molecule has 2 amide bonds. The van der Waals surface area contributed by atoms with Gasteiger partial charge in [-0.1, -0.05) is 11.3 Å². The molecule has 1 N–H and O–H groups in total. The number of methoxy groups -OCH3 is 1. The van der Waals surface area contributed by atoms with Gasteiger partial charge in [0.15, 0.2) is 5.13 Å². The Morgan fingerprint density at radius 2 is 2.27 bits per heavy atom. The maximum absolute atomic E-state index is 12.9. The van der Waals surface area contributed by atoms with E-state index >= 15 is 0 Å². The van der Waals surface area contributed by atoms with E-state index in [1.54, 1.807) is 24.2 Å². The summed E-state index contributed by atoms with van der Waals surface area (Å²) < 4.78 is 13.7. The quantitative estimate of drug-likeness (QED) is 0.689. The van der Waals surface area contributed by atoms with Crippen molar-refractivity contribution >= 4 is 32.7 Å². The van der Waals surface area contributed by atoms with Gasteiger partial charge in [0.25, 0.3) is 0 Å². The number of hydrogen-bond donors (Lipinski definition) is 1. The number of nitrogens with one attached hydrogen (secondary N) is 1. The molecule has 30 heavy (non-hydrogen) atoms. The second-order valence-electron chi connectivity index (χ2n) is 8.04. The van der Waals surface area contributed by atoms with E-state index in [1.165, 1.54) is 11.3 Å². The van der Waals surface area contributed by atoms with Crippen LogP contribution in [-0.4, -0.2) is 64.1 Å². The number of anilines is 1. The van der Waals surface area contributed by atoms with Crippen molar-refractivity contribution in [3.8, 4) is 17.0 Å². The molecule has 5 rings (SSSR count). The number of ether oxygens (including phenoxy) is 2. The molecule has 0 saturated carbocycles. The molecule has 2 saturated heterocycles. The summed E-state index contributed by atoms with van der Waals surface area (Å²) in [5.74, 6) is 0.439. The number of thiazole rings is 1. The smallest absolute Gasteiger partial charge is 0.323 e. The molecule has 0 aliphatic carbocycles. The number of carbonyl (C=O) groups excluding carboxylic acids is 1. The Bertz CT molecular complexity index is 1090. The highest BCUT2D eigenvalue weighted by molar-refractivity contribution is 7.23. The summed E-state index contributed by atoms with van der Waals surface area (Å²) in [5, 5.41) is 7.76. The predicted octanol–water partition coefficient (Wildman–Crippen LogP) is 3.13. The lowest BCUT2D eigenvalue weighted by Gasteiger charge is -2.32. The number of likely N-dealkylation sites (tertiary alicyclic amines) is 1. The normalized spacial score (nSPS) is 21.5. The fourth-order valence-electron chi connectivity index (χ4n) is 4.37. The van der Waals surface area contributed by atoms with E-state index < -0.39 is 0 Å². The summed E-state index contributed by atoms with van der Waals surface area (Å²) in [7, 11) is 3.44. The van der Waals surface area contributed by atoms with Gasteiger partial charge in [0.1, 0.15) is 5.52 Å². The van der Waals surface area contributed by atoms with E-state index in [9.17, 15) is 4.79 Å². The molecule has 0 aromatic carbocycles. The average molecular weight is 429 g/mol. The van der Waals surface area contributed by atoms with Crippen molar-refractivity contribution in [2.45, 2.75) is 19.3 Å². The number of pyridine rings is 1. The summed E-state index contributed by atoms with van der Waals surface area (Å²) in [6, 6.07) is -0.119. The van der Waals surface area contributed by atoms with Gasteiger partial charge in [-0.05, 0) is 19.3 Å². The summed E-state index contributed by atoms with van der Waals surface area (Å²) in [4.78, 5) is 23.8. The number of carbonyl (C=O) groups is 1. The van der Waals surface area contributed by atoms with Crippen LogP contribution in [-0.2, 0) is 11.8 Å². The van der Waals surface area contributed by atoms with E-state index in [2.05, 4.69) is 20.4 Å². The average Bonchev–Trinajstić information content (AvgIpc) is 3.47. The van der Waals surface area contributed by atoms with Crippen LogP contribution in [0.25, 0.3) is 21.3 Å². The Balaban J connectivity index is 1.40. The van der Waals surface area contributed by atoms with Crippen molar-refractivity contribution in [3.63, 3.8) is 0 Å². The summed E-state index contributed by atoms with van der Waals surface area (Å²) >= 11 is 1.42. The molecule has 9 nitrogen and oxygen atoms in total. The summed E-state index contributed by atoms with van der Waals surface area (Å²) in [6.07, 6.45) is 8.65. The number of amides is 2. The van der Waals surface area contributed by atoms with Gasteiger partial charge in [0.05, 0.1) is 24.6 Å². The van der Waals surface area contributed by atoms with E-state index in [1.807, 2.05) is 18.1 Å². The SMILES string of the molecule is COc1ncc(-c2cnn(C)c2)c2sc(NC(=O)N3CC[C@@]4(CCCOC4)C3)nc12. The topological polar surface area (TPSA) is 94.4 Å². The highest BCUT2D eigenvalue weighted by Gasteiger charge is 2.41. The fraction of sp³-hybridized carbons (Fsp3) is 0.500. The minimum absolute atomic E-state index is 0.115. The molecule has 158 valence electrons. The Morgan fingerprint density at radius 1 is 1.37 bits per heavy atom. The monoisotopic (exact) mass is 428 g/mol. The molecule has 1 spiro atoms. The largest absolute Gasteiger partial charge is 0.479 e. The summed E-state index contributed by atoms with van der Waals surface area (Å²) in [5.41, 5.74) is 2.61. The molecule has 0 bridgehead atoms. The first-order valence-corrected chi connectivity index (χ1v) is 10.8. The van der Waals surface area contributed by atoms with Gasteiger partial charge in [0.2, 0.25) is 5.88 Å². The number of aryl methyl sites for hydroxylation is 1. The lowest BCUT2D eigenvalue weighted by Crippen LogP contribution is -2.38. The fourth-order valence-corrected chi connectivity index (χ4v) is 5.35. The van der Waals surface area contributed by atoms with Crippen molar-refractivity contribution in [2.75, 3.05) is 38.7 Å². The molecule has 10 heteroatoms. The van der Waals surface area contributed by atoms with E-state index in [0.29, 0.717) is 16.5 Å². The third-order valence-electron chi connectivity index (χ3n) is 5.94. The highest BCUT2D eigenvalue weighted by atomic mass is 32.1. The van der Waals surface area contributed by atoms with Crippen molar-refractivity contribution in [2.24, 2.45) is 12.5 Å². The maximum Gasteiger partial charge on any atom is 0.323 e. The van der Waals surface area contributed by atoms with Gasteiger partial charge < -0.3 is 14.4 Å². The molecule has 1 atom stereocenters. The number of urea groups is 1. The molecule has 5 heterocycles. The predicted molar refractivity (Wildman–Crippen MR) is 114 cm³/mol. The van der Waals surface area contributed by atoms with E-state index in [0.717, 1.165) is 61.4 Å². The zero-order valence-electron chi connectivity index (χ0n) is 17.1. The van der Waals surface area contributed by atoms with Gasteiger partial charge in [-0.3, -0.25) is 10.00 Å². The Morgan fingerprint density at radius 3 is 3.00 bits per heavy atom. The Labute approximate surface area is 178 Å². The zero-order chi connectivity index (χ0) is 20.7. The van der Waals surface area contributed by atoms with Gasteiger partial charge in [-0.25, -0.2) is 14.8 Å². The zero-order valence-corrected chi connectivity index (χ0v) is 17.9. The summed E-state index contributed by atoms with van der Waals surface area (Å²) in [6.45, 7) is 3.05. The van der Waals surface area contributed by atoms with Crippen LogP contribution in [0.15, 0.2) is 18.6 Å². The molecule has 0 unspecified atom stereocenters. The van der Waals surface area contributed by atoms with Crippen LogP contribution >= 0.6 is 11.3 Å². The molecular weight excluding hydrogens is 404 g/mol. The lowest BCUT2D eigenvalue weighted by atomic mass is 9.82. The third kappa shape index (κ3) is 3.39. The highest BCUT2D eigenvalue weighted by Crippen LogP contribution is 2.40. The number of aromatic nitrogens is 4. The molecule has 0 radical (unpaired) electrons. The lowest BCUT2D eigenvalue weighted by molar-refractivity contribution is -0.000213. The Kier molecular flexibility index (Phi) is 4.82. The minimum atomic E-state index is -0.119. The van der Waals surface area contributed by atoms with Gasteiger partial charge >= 0.3 is 6.03 Å². The molecule has 3 aromatic rings. The van der Waals surface area contributed by atoms with Gasteiger partial charge in [0, 0.05) is 55.7 Å². The molecule has 2 fully saturated rings. The van der Waals surface area contributed by atoms with Crippen LogP contribution in [0.5, 0.6) is 5.88 Å². The van der Waals surface area contributed by atoms with Crippen LogP contribution in [0, 0.1) is 5.41 Å². The van der Waals surface area contributed by atoms with E-state index in [4.69, 9.17) is 9.47 Å². The number of hydrogen-bond acceptors (Lipinski definition) is 7. The number of fused-ring (bicyclic) bond motifs is 1. The van der Waals surface area contributed by atoms with Crippen molar-refractivity contribution < 1.29 is 14.3 Å².